The van der Waals surface area contributed by atoms with E-state index >= 15 is 0 Å². The molecule has 1 aromatic carbocycles. The molecule has 0 bridgehead atoms. The first-order chi connectivity index (χ1) is 12.0. The molecule has 2 aromatic rings. The topological polar surface area (TPSA) is 60.5 Å². The highest BCUT2D eigenvalue weighted by Crippen LogP contribution is 2.31. The number of nitrogens with zero attached hydrogens (tertiary/aromatic N) is 1. The van der Waals surface area contributed by atoms with E-state index in [1.807, 2.05) is 32.0 Å². The van der Waals surface area contributed by atoms with E-state index in [9.17, 15) is 4.79 Å². The summed E-state index contributed by atoms with van der Waals surface area (Å²) in [4.78, 5) is 17.1. The number of aryl methyl sites for hydroxylation is 1. The fraction of sp³-hybridized carbons (Fsp3) is 0.474. The third kappa shape index (κ3) is 5.46. The Bertz CT molecular complexity index is 700. The monoisotopic (exact) mass is 362 g/mol. The van der Waals surface area contributed by atoms with Crippen molar-refractivity contribution in [3.8, 4) is 11.5 Å². The average molecular weight is 362 g/mol. The molecule has 0 aliphatic rings. The molecule has 0 fully saturated rings. The summed E-state index contributed by atoms with van der Waals surface area (Å²) in [6, 6.07) is 5.69. The van der Waals surface area contributed by atoms with Gasteiger partial charge in [-0.3, -0.25) is 4.79 Å². The molecule has 1 unspecified atom stereocenters. The summed E-state index contributed by atoms with van der Waals surface area (Å²) < 4.78 is 11.6. The second-order valence-corrected chi connectivity index (χ2v) is 7.08. The van der Waals surface area contributed by atoms with Crippen LogP contribution >= 0.6 is 11.3 Å². The number of hydrogen-bond donors (Lipinski definition) is 1. The molecular formula is C19H26N2O3S. The largest absolute Gasteiger partial charge is 0.490 e. The summed E-state index contributed by atoms with van der Waals surface area (Å²) >= 11 is 1.39. The van der Waals surface area contributed by atoms with E-state index in [1.54, 1.807) is 6.20 Å². The first-order valence-electron chi connectivity index (χ1n) is 8.68. The highest BCUT2D eigenvalue weighted by Gasteiger charge is 2.16. The molecule has 0 saturated carbocycles. The maximum Gasteiger partial charge on any atom is 0.263 e. The van der Waals surface area contributed by atoms with E-state index in [0.29, 0.717) is 18.1 Å². The van der Waals surface area contributed by atoms with E-state index in [0.717, 1.165) is 34.9 Å². The molecule has 1 amide bonds. The number of amides is 1. The summed E-state index contributed by atoms with van der Waals surface area (Å²) in [5.41, 5.74) is 0.976. The molecule has 0 radical (unpaired) electrons. The minimum atomic E-state index is -0.140. The smallest absolute Gasteiger partial charge is 0.263 e. The van der Waals surface area contributed by atoms with Crippen molar-refractivity contribution in [2.45, 2.75) is 46.6 Å². The van der Waals surface area contributed by atoms with Gasteiger partial charge >= 0.3 is 0 Å². The molecule has 2 rings (SSSR count). The minimum absolute atomic E-state index is 0.111. The number of rotatable bonds is 9. The normalized spacial score (nSPS) is 11.8. The van der Waals surface area contributed by atoms with Crippen molar-refractivity contribution in [1.82, 2.24) is 10.3 Å². The Hall–Kier alpha value is -2.08. The predicted octanol–water partition coefficient (Wildman–Crippen LogP) is 4.52. The number of nitrogens with one attached hydrogen (secondary N) is 1. The van der Waals surface area contributed by atoms with Crippen molar-refractivity contribution in [2.75, 3.05) is 13.2 Å². The molecule has 1 atom stereocenters. The van der Waals surface area contributed by atoms with Gasteiger partial charge < -0.3 is 14.8 Å². The molecule has 5 nitrogen and oxygen atoms in total. The van der Waals surface area contributed by atoms with Crippen molar-refractivity contribution < 1.29 is 14.3 Å². The highest BCUT2D eigenvalue weighted by molar-refractivity contribution is 7.13. The molecule has 0 aliphatic carbocycles. The van der Waals surface area contributed by atoms with Crippen molar-refractivity contribution in [2.24, 2.45) is 0 Å². The van der Waals surface area contributed by atoms with Gasteiger partial charge in [0, 0.05) is 0 Å². The molecule has 0 spiro atoms. The van der Waals surface area contributed by atoms with Gasteiger partial charge in [-0.1, -0.05) is 19.9 Å². The van der Waals surface area contributed by atoms with Gasteiger partial charge in [0.1, 0.15) is 4.88 Å². The van der Waals surface area contributed by atoms with Crippen LogP contribution in [-0.4, -0.2) is 24.1 Å². The van der Waals surface area contributed by atoms with Gasteiger partial charge in [-0.25, -0.2) is 4.98 Å². The lowest BCUT2D eigenvalue weighted by Crippen LogP contribution is -2.25. The maximum absolute atomic E-state index is 12.3. The molecule has 0 aliphatic heterocycles. The summed E-state index contributed by atoms with van der Waals surface area (Å²) in [6.07, 6.45) is 3.48. The number of benzene rings is 1. The third-order valence-corrected chi connectivity index (χ3v) is 4.50. The Labute approximate surface area is 153 Å². The number of carbonyl (C=O) groups excluding carboxylic acids is 1. The number of ether oxygens (including phenoxy) is 2. The van der Waals surface area contributed by atoms with Crippen molar-refractivity contribution in [3.05, 3.63) is 39.8 Å². The van der Waals surface area contributed by atoms with Crippen molar-refractivity contribution in [3.63, 3.8) is 0 Å². The van der Waals surface area contributed by atoms with Crippen LogP contribution in [0.5, 0.6) is 11.5 Å². The van der Waals surface area contributed by atoms with Crippen LogP contribution in [0.3, 0.4) is 0 Å². The van der Waals surface area contributed by atoms with Crippen LogP contribution in [0, 0.1) is 6.92 Å². The van der Waals surface area contributed by atoms with Gasteiger partial charge in [0.15, 0.2) is 11.5 Å². The van der Waals surface area contributed by atoms with E-state index in [2.05, 4.69) is 24.1 Å². The Balaban J connectivity index is 2.12. The van der Waals surface area contributed by atoms with Crippen LogP contribution in [0.15, 0.2) is 24.4 Å². The highest BCUT2D eigenvalue weighted by atomic mass is 32.1. The number of thiazole rings is 1. The van der Waals surface area contributed by atoms with Crippen LogP contribution in [-0.2, 0) is 0 Å². The Morgan fingerprint density at radius 1 is 1.20 bits per heavy atom. The van der Waals surface area contributed by atoms with Crippen LogP contribution < -0.4 is 14.8 Å². The molecule has 1 heterocycles. The van der Waals surface area contributed by atoms with Crippen LogP contribution in [0.2, 0.25) is 0 Å². The summed E-state index contributed by atoms with van der Waals surface area (Å²) in [7, 11) is 0. The lowest BCUT2D eigenvalue weighted by molar-refractivity contribution is 0.0943. The van der Waals surface area contributed by atoms with Gasteiger partial charge in [-0.05, 0) is 44.4 Å². The van der Waals surface area contributed by atoms with Gasteiger partial charge in [-0.2, -0.15) is 0 Å². The maximum atomic E-state index is 12.3. The second-order valence-electron chi connectivity index (χ2n) is 5.84. The Morgan fingerprint density at radius 3 is 2.48 bits per heavy atom. The van der Waals surface area contributed by atoms with Gasteiger partial charge in [0.05, 0.1) is 30.5 Å². The molecular weight excluding hydrogens is 336 g/mol. The average Bonchev–Trinajstić information content (AvgIpc) is 3.05. The first-order valence-corrected chi connectivity index (χ1v) is 9.49. The fourth-order valence-electron chi connectivity index (χ4n) is 2.27. The van der Waals surface area contributed by atoms with Crippen molar-refractivity contribution >= 4 is 17.2 Å². The van der Waals surface area contributed by atoms with Gasteiger partial charge in [-0.15, -0.1) is 11.3 Å². The Morgan fingerprint density at radius 2 is 1.88 bits per heavy atom. The van der Waals surface area contributed by atoms with E-state index in [1.165, 1.54) is 11.3 Å². The molecule has 6 heteroatoms. The second kappa shape index (κ2) is 9.42. The number of hydrogen-bond acceptors (Lipinski definition) is 5. The van der Waals surface area contributed by atoms with Gasteiger partial charge in [0.2, 0.25) is 0 Å². The first kappa shape index (κ1) is 19.2. The standard InChI is InChI=1S/C19H26N2O3S/c1-5-9-23-16-8-7-15(11-17(16)24-10-6-2)13(3)21-19(22)18-12-20-14(4)25-18/h7-8,11-13H,5-6,9-10H2,1-4H3,(H,21,22). The zero-order chi connectivity index (χ0) is 18.2. The quantitative estimate of drug-likeness (QED) is 0.712. The molecule has 25 heavy (non-hydrogen) atoms. The molecule has 0 saturated heterocycles. The molecule has 1 N–H and O–H groups in total. The fourth-order valence-corrected chi connectivity index (χ4v) is 2.95. The van der Waals surface area contributed by atoms with Crippen LogP contribution in [0.25, 0.3) is 0 Å². The molecule has 136 valence electrons. The number of aromatic nitrogens is 1. The Kier molecular flexibility index (Phi) is 7.25. The summed E-state index contributed by atoms with van der Waals surface area (Å²) in [5, 5.41) is 3.89. The predicted molar refractivity (Wildman–Crippen MR) is 101 cm³/mol. The third-order valence-electron chi connectivity index (χ3n) is 3.58. The lowest BCUT2D eigenvalue weighted by atomic mass is 10.1. The minimum Gasteiger partial charge on any atom is -0.490 e. The lowest BCUT2D eigenvalue weighted by Gasteiger charge is -2.17. The SMILES string of the molecule is CCCOc1ccc(C(C)NC(=O)c2cnc(C)s2)cc1OCCC. The molecule has 1 aromatic heterocycles. The summed E-state index contributed by atoms with van der Waals surface area (Å²) in [5.74, 6) is 1.36. The zero-order valence-corrected chi connectivity index (χ0v) is 16.1. The van der Waals surface area contributed by atoms with E-state index in [-0.39, 0.29) is 11.9 Å². The van der Waals surface area contributed by atoms with Crippen LogP contribution in [0.4, 0.5) is 0 Å². The zero-order valence-electron chi connectivity index (χ0n) is 15.3. The van der Waals surface area contributed by atoms with Crippen LogP contribution in [0.1, 0.15) is 59.9 Å². The number of carbonyl (C=O) groups is 1. The van der Waals surface area contributed by atoms with E-state index < -0.39 is 0 Å². The van der Waals surface area contributed by atoms with Gasteiger partial charge in [0.25, 0.3) is 5.91 Å². The van der Waals surface area contributed by atoms with Crippen molar-refractivity contribution in [1.29, 1.82) is 0 Å². The summed E-state index contributed by atoms with van der Waals surface area (Å²) in [6.45, 7) is 9.26. The van der Waals surface area contributed by atoms with E-state index in [4.69, 9.17) is 9.47 Å².